The van der Waals surface area contributed by atoms with Crippen LogP contribution in [-0.2, 0) is 17.8 Å². The number of rotatable bonds is 7. The first-order valence-corrected chi connectivity index (χ1v) is 11.1. The monoisotopic (exact) mass is 414 g/mol. The van der Waals surface area contributed by atoms with Gasteiger partial charge in [-0.25, -0.2) is 0 Å². The van der Waals surface area contributed by atoms with Gasteiger partial charge in [-0.3, -0.25) is 19.7 Å². The fraction of sp³-hybridized carbons (Fsp3) is 0.346. The summed E-state index contributed by atoms with van der Waals surface area (Å²) in [5.74, 6) is 0.234. The Labute approximate surface area is 184 Å². The van der Waals surface area contributed by atoms with Crippen molar-refractivity contribution in [2.45, 2.75) is 26.3 Å². The third-order valence-corrected chi connectivity index (χ3v) is 5.85. The van der Waals surface area contributed by atoms with E-state index in [1.54, 1.807) is 12.4 Å². The van der Waals surface area contributed by atoms with Crippen molar-refractivity contribution < 1.29 is 4.79 Å². The lowest BCUT2D eigenvalue weighted by Gasteiger charge is -2.24. The number of amides is 1. The minimum atomic E-state index is -0.0464. The molecule has 0 saturated carbocycles. The molecule has 1 amide bonds. The minimum absolute atomic E-state index is 0.0464. The molecule has 5 nitrogen and oxygen atoms in total. The van der Waals surface area contributed by atoms with Crippen molar-refractivity contribution in [3.63, 3.8) is 0 Å². The van der Waals surface area contributed by atoms with Gasteiger partial charge in [-0.2, -0.15) is 0 Å². The van der Waals surface area contributed by atoms with Gasteiger partial charge in [0.2, 0.25) is 5.91 Å². The molecule has 0 bridgehead atoms. The maximum atomic E-state index is 13.4. The van der Waals surface area contributed by atoms with Gasteiger partial charge in [0.1, 0.15) is 0 Å². The van der Waals surface area contributed by atoms with Gasteiger partial charge in [0, 0.05) is 57.5 Å². The first kappa shape index (κ1) is 21.2. The molecule has 0 N–H and O–H groups in total. The van der Waals surface area contributed by atoms with Crippen molar-refractivity contribution >= 4 is 5.91 Å². The van der Waals surface area contributed by atoms with Crippen LogP contribution >= 0.6 is 0 Å². The summed E-state index contributed by atoms with van der Waals surface area (Å²) in [6.07, 6.45) is 9.12. The molecule has 0 aliphatic carbocycles. The first-order valence-electron chi connectivity index (χ1n) is 11.1. The third kappa shape index (κ3) is 5.56. The predicted molar refractivity (Wildman–Crippen MR) is 123 cm³/mol. The Kier molecular flexibility index (Phi) is 7.05. The Morgan fingerprint density at radius 1 is 0.935 bits per heavy atom. The van der Waals surface area contributed by atoms with Crippen molar-refractivity contribution in [2.75, 3.05) is 26.2 Å². The van der Waals surface area contributed by atoms with Gasteiger partial charge in [-0.05, 0) is 47.2 Å². The van der Waals surface area contributed by atoms with Gasteiger partial charge < -0.3 is 4.90 Å². The average Bonchev–Trinajstić information content (AvgIpc) is 2.95. The molecule has 0 radical (unpaired) electrons. The van der Waals surface area contributed by atoms with E-state index in [0.717, 1.165) is 56.7 Å². The second kappa shape index (κ2) is 10.3. The van der Waals surface area contributed by atoms with Crippen molar-refractivity contribution in [1.82, 2.24) is 19.8 Å². The summed E-state index contributed by atoms with van der Waals surface area (Å²) in [5.41, 5.74) is 4.63. The number of pyridine rings is 2. The fourth-order valence-electron chi connectivity index (χ4n) is 4.34. The SMILES string of the molecule is CCCN1CCN(Cc2cccnc2)CC(Cc2cccc(-c3cccnc3)c2)C1=O. The maximum absolute atomic E-state index is 13.4. The van der Waals surface area contributed by atoms with Gasteiger partial charge in [0.15, 0.2) is 0 Å². The van der Waals surface area contributed by atoms with Gasteiger partial charge in [0.25, 0.3) is 0 Å². The van der Waals surface area contributed by atoms with Crippen molar-refractivity contribution in [2.24, 2.45) is 5.92 Å². The molecule has 1 fully saturated rings. The molecule has 5 heteroatoms. The molecule has 1 aliphatic rings. The van der Waals surface area contributed by atoms with Crippen LogP contribution in [0.5, 0.6) is 0 Å². The molecule has 3 aromatic rings. The highest BCUT2D eigenvalue weighted by Crippen LogP contribution is 2.23. The maximum Gasteiger partial charge on any atom is 0.227 e. The largest absolute Gasteiger partial charge is 0.341 e. The predicted octanol–water partition coefficient (Wildman–Crippen LogP) is 4.06. The first-order chi connectivity index (χ1) is 15.2. The summed E-state index contributed by atoms with van der Waals surface area (Å²) in [5, 5.41) is 0. The molecule has 1 unspecified atom stereocenters. The Morgan fingerprint density at radius 3 is 2.45 bits per heavy atom. The molecule has 0 spiro atoms. The highest BCUT2D eigenvalue weighted by atomic mass is 16.2. The number of carbonyl (C=O) groups is 1. The zero-order valence-electron chi connectivity index (χ0n) is 18.2. The van der Waals surface area contributed by atoms with Crippen molar-refractivity contribution in [3.05, 3.63) is 84.4 Å². The van der Waals surface area contributed by atoms with Crippen LogP contribution in [0.4, 0.5) is 0 Å². The van der Waals surface area contributed by atoms with Gasteiger partial charge in [-0.15, -0.1) is 0 Å². The number of hydrogen-bond donors (Lipinski definition) is 0. The van der Waals surface area contributed by atoms with E-state index in [1.165, 1.54) is 11.1 Å². The van der Waals surface area contributed by atoms with E-state index in [1.807, 2.05) is 24.5 Å². The van der Waals surface area contributed by atoms with Crippen LogP contribution in [0.1, 0.15) is 24.5 Å². The lowest BCUT2D eigenvalue weighted by atomic mass is 9.95. The normalized spacial score (nSPS) is 17.5. The lowest BCUT2D eigenvalue weighted by Crippen LogP contribution is -2.37. The molecular formula is C26H30N4O. The Morgan fingerprint density at radius 2 is 1.71 bits per heavy atom. The number of aromatic nitrogens is 2. The zero-order chi connectivity index (χ0) is 21.5. The highest BCUT2D eigenvalue weighted by molar-refractivity contribution is 5.80. The zero-order valence-corrected chi connectivity index (χ0v) is 18.2. The van der Waals surface area contributed by atoms with Gasteiger partial charge in [0.05, 0.1) is 5.92 Å². The number of carbonyl (C=O) groups excluding carboxylic acids is 1. The molecule has 1 atom stereocenters. The van der Waals surface area contributed by atoms with E-state index in [2.05, 4.69) is 63.1 Å². The molecule has 1 aromatic carbocycles. The number of hydrogen-bond acceptors (Lipinski definition) is 4. The quantitative estimate of drug-likeness (QED) is 0.585. The number of benzene rings is 1. The van der Waals surface area contributed by atoms with E-state index in [9.17, 15) is 4.79 Å². The van der Waals surface area contributed by atoms with E-state index in [4.69, 9.17) is 0 Å². The Hall–Kier alpha value is -3.05. The van der Waals surface area contributed by atoms with E-state index in [-0.39, 0.29) is 11.8 Å². The second-order valence-electron chi connectivity index (χ2n) is 8.26. The molecule has 3 heterocycles. The number of nitrogens with zero attached hydrogens (tertiary/aromatic N) is 4. The average molecular weight is 415 g/mol. The molecule has 4 rings (SSSR count). The van der Waals surface area contributed by atoms with Crippen LogP contribution in [0, 0.1) is 5.92 Å². The van der Waals surface area contributed by atoms with Crippen LogP contribution in [0.15, 0.2) is 73.3 Å². The van der Waals surface area contributed by atoms with Gasteiger partial charge >= 0.3 is 0 Å². The van der Waals surface area contributed by atoms with Crippen molar-refractivity contribution in [3.8, 4) is 11.1 Å². The van der Waals surface area contributed by atoms with Crippen LogP contribution in [-0.4, -0.2) is 51.9 Å². The lowest BCUT2D eigenvalue weighted by molar-refractivity contribution is -0.134. The third-order valence-electron chi connectivity index (χ3n) is 5.85. The van der Waals surface area contributed by atoms with Crippen molar-refractivity contribution in [1.29, 1.82) is 0 Å². The van der Waals surface area contributed by atoms with Crippen LogP contribution in [0.2, 0.25) is 0 Å². The summed E-state index contributed by atoms with van der Waals surface area (Å²) in [7, 11) is 0. The van der Waals surface area contributed by atoms with Crippen LogP contribution in [0.25, 0.3) is 11.1 Å². The summed E-state index contributed by atoms with van der Waals surface area (Å²) in [4.78, 5) is 26.3. The molecule has 1 aliphatic heterocycles. The molecule has 160 valence electrons. The summed E-state index contributed by atoms with van der Waals surface area (Å²) < 4.78 is 0. The molecule has 1 saturated heterocycles. The Bertz CT molecular complexity index is 977. The minimum Gasteiger partial charge on any atom is -0.341 e. The van der Waals surface area contributed by atoms with E-state index in [0.29, 0.717) is 0 Å². The standard InChI is InChI=1S/C26H30N4O/c1-2-12-30-14-13-29(19-22-7-4-10-27-17-22)20-25(26(30)31)16-21-6-3-8-23(15-21)24-9-5-11-28-18-24/h3-11,15,17-18,25H,2,12-14,16,19-20H2,1H3. The summed E-state index contributed by atoms with van der Waals surface area (Å²) in [6, 6.07) is 16.6. The van der Waals surface area contributed by atoms with E-state index < -0.39 is 0 Å². The fourth-order valence-corrected chi connectivity index (χ4v) is 4.34. The molecule has 31 heavy (non-hydrogen) atoms. The summed E-state index contributed by atoms with van der Waals surface area (Å²) >= 11 is 0. The van der Waals surface area contributed by atoms with E-state index >= 15 is 0 Å². The smallest absolute Gasteiger partial charge is 0.227 e. The highest BCUT2D eigenvalue weighted by Gasteiger charge is 2.30. The summed E-state index contributed by atoms with van der Waals surface area (Å²) in [6.45, 7) is 6.24. The Balaban J connectivity index is 1.54. The molecule has 2 aromatic heterocycles. The molecular weight excluding hydrogens is 384 g/mol. The van der Waals surface area contributed by atoms with Crippen LogP contribution < -0.4 is 0 Å². The van der Waals surface area contributed by atoms with Crippen LogP contribution in [0.3, 0.4) is 0 Å². The second-order valence-corrected chi connectivity index (χ2v) is 8.26. The van der Waals surface area contributed by atoms with Gasteiger partial charge in [-0.1, -0.05) is 43.3 Å². The topological polar surface area (TPSA) is 49.3 Å².